The van der Waals surface area contributed by atoms with E-state index in [1.54, 1.807) is 6.08 Å². The Morgan fingerprint density at radius 2 is 0.724 bits per heavy atom. The van der Waals surface area contributed by atoms with E-state index >= 15 is 0 Å². The van der Waals surface area contributed by atoms with Crippen molar-refractivity contribution in [2.45, 2.75) is 360 Å². The van der Waals surface area contributed by atoms with Crippen LogP contribution in [0, 0.1) is 0 Å². The number of carbonyl (C=O) groups excluding carboxylic acids is 1. The minimum atomic E-state index is -4.36. The first-order valence-corrected chi connectivity index (χ1v) is 35.2. The maximum absolute atomic E-state index is 13.0. The van der Waals surface area contributed by atoms with Crippen molar-refractivity contribution >= 4 is 13.7 Å². The third-order valence-corrected chi connectivity index (χ3v) is 16.7. The third kappa shape index (κ3) is 60.6. The lowest BCUT2D eigenvalue weighted by molar-refractivity contribution is -0.870. The molecule has 0 aromatic heterocycles. The van der Waals surface area contributed by atoms with Gasteiger partial charge >= 0.3 is 7.82 Å². The lowest BCUT2D eigenvalue weighted by Crippen LogP contribution is -2.45. The molecule has 1 amide bonds. The largest absolute Gasteiger partial charge is 0.472 e. The zero-order valence-electron chi connectivity index (χ0n) is 51.8. The zero-order chi connectivity index (χ0) is 55.6. The van der Waals surface area contributed by atoms with Crippen molar-refractivity contribution in [1.29, 1.82) is 0 Å². The molecule has 0 heterocycles. The van der Waals surface area contributed by atoms with Crippen LogP contribution >= 0.6 is 7.82 Å². The Kier molecular flexibility index (Phi) is 57.8. The van der Waals surface area contributed by atoms with E-state index in [0.717, 1.165) is 38.5 Å². The molecule has 0 aliphatic heterocycles. The summed E-state index contributed by atoms with van der Waals surface area (Å²) in [6.45, 7) is 4.86. The Bertz CT molecular complexity index is 1290. The monoisotopic (exact) mass is 1090 g/mol. The van der Waals surface area contributed by atoms with Crippen LogP contribution in [0.4, 0.5) is 0 Å². The van der Waals surface area contributed by atoms with Gasteiger partial charge in [0.05, 0.1) is 39.9 Å². The van der Waals surface area contributed by atoms with E-state index in [-0.39, 0.29) is 19.1 Å². The van der Waals surface area contributed by atoms with Crippen molar-refractivity contribution in [2.24, 2.45) is 0 Å². The fourth-order valence-electron chi connectivity index (χ4n) is 10.4. The molecular formula is C67H134N2O6P+. The molecule has 0 spiro atoms. The van der Waals surface area contributed by atoms with Gasteiger partial charge in [0.15, 0.2) is 0 Å². The number of allylic oxidation sites excluding steroid dienone is 3. The highest BCUT2D eigenvalue weighted by atomic mass is 31.2. The topological polar surface area (TPSA) is 105 Å². The number of hydrogen-bond acceptors (Lipinski definition) is 5. The number of quaternary nitrogens is 1. The van der Waals surface area contributed by atoms with Gasteiger partial charge in [0.25, 0.3) is 0 Å². The number of rotatable bonds is 63. The summed E-state index contributed by atoms with van der Waals surface area (Å²) in [7, 11) is 1.57. The number of unbranched alkanes of at least 4 members (excludes halogenated alkanes) is 48. The number of phosphoric ester groups is 1. The molecule has 0 aliphatic carbocycles. The van der Waals surface area contributed by atoms with Crippen LogP contribution in [0.15, 0.2) is 24.3 Å². The van der Waals surface area contributed by atoms with Crippen LogP contribution in [-0.2, 0) is 18.4 Å². The Hall–Kier alpha value is -1.02. The summed E-state index contributed by atoms with van der Waals surface area (Å²) >= 11 is 0. The van der Waals surface area contributed by atoms with E-state index in [1.807, 2.05) is 27.2 Å². The minimum Gasteiger partial charge on any atom is -0.387 e. The van der Waals surface area contributed by atoms with Crippen molar-refractivity contribution < 1.29 is 32.9 Å². The number of nitrogens with one attached hydrogen (secondary N) is 1. The van der Waals surface area contributed by atoms with Crippen LogP contribution < -0.4 is 5.32 Å². The van der Waals surface area contributed by atoms with E-state index in [9.17, 15) is 19.4 Å². The fraction of sp³-hybridized carbons (Fsp3) is 0.925. The average molecular weight is 1090 g/mol. The molecule has 0 rings (SSSR count). The maximum atomic E-state index is 13.0. The summed E-state index contributed by atoms with van der Waals surface area (Å²) in [5.74, 6) is -0.178. The predicted molar refractivity (Wildman–Crippen MR) is 332 cm³/mol. The SMILES string of the molecule is CCCCCCCCCCCCCCCCCCCCCCCCC/C=C/CC/C=C/C(O)C(COP(=O)(O)OCC[N+](C)(C)C)NC(=O)CCCCCCCCCCCCCCCCCCCCCCCCCCC. The van der Waals surface area contributed by atoms with Gasteiger partial charge in [-0.2, -0.15) is 0 Å². The molecule has 0 aromatic carbocycles. The zero-order valence-corrected chi connectivity index (χ0v) is 52.7. The molecule has 9 heteroatoms. The summed E-state index contributed by atoms with van der Waals surface area (Å²) in [5, 5.41) is 14.0. The van der Waals surface area contributed by atoms with E-state index < -0.39 is 20.0 Å². The Labute approximate surface area is 474 Å². The Morgan fingerprint density at radius 3 is 1.05 bits per heavy atom. The van der Waals surface area contributed by atoms with Gasteiger partial charge in [0.1, 0.15) is 13.2 Å². The molecule has 0 saturated carbocycles. The number of amides is 1. The van der Waals surface area contributed by atoms with Crippen LogP contribution in [0.25, 0.3) is 0 Å². The van der Waals surface area contributed by atoms with Gasteiger partial charge < -0.3 is 19.8 Å². The van der Waals surface area contributed by atoms with Gasteiger partial charge in [-0.05, 0) is 32.1 Å². The number of phosphoric acid groups is 1. The van der Waals surface area contributed by atoms with Crippen molar-refractivity contribution in [3.8, 4) is 0 Å². The lowest BCUT2D eigenvalue weighted by Gasteiger charge is -2.25. The molecule has 0 aromatic rings. The molecule has 3 N–H and O–H groups in total. The van der Waals surface area contributed by atoms with Crippen molar-refractivity contribution in [3.63, 3.8) is 0 Å². The fourth-order valence-corrected chi connectivity index (χ4v) is 11.2. The second-order valence-corrected chi connectivity index (χ2v) is 26.0. The molecule has 0 fully saturated rings. The van der Waals surface area contributed by atoms with Crippen LogP contribution in [-0.4, -0.2) is 73.4 Å². The van der Waals surface area contributed by atoms with Gasteiger partial charge in [0, 0.05) is 6.42 Å². The number of nitrogens with zero attached hydrogens (tertiary/aromatic N) is 1. The molecule has 3 atom stereocenters. The molecule has 0 aliphatic rings. The highest BCUT2D eigenvalue weighted by molar-refractivity contribution is 7.47. The normalized spacial score (nSPS) is 13.8. The molecular weight excluding hydrogens is 960 g/mol. The summed E-state index contributed by atoms with van der Waals surface area (Å²) in [4.78, 5) is 23.4. The van der Waals surface area contributed by atoms with Crippen LogP contribution in [0.5, 0.6) is 0 Å². The molecule has 8 nitrogen and oxygen atoms in total. The average Bonchev–Trinajstić information content (AvgIpc) is 3.38. The second kappa shape index (κ2) is 58.6. The van der Waals surface area contributed by atoms with Gasteiger partial charge in [-0.25, -0.2) is 4.57 Å². The van der Waals surface area contributed by atoms with E-state index in [0.29, 0.717) is 17.4 Å². The third-order valence-electron chi connectivity index (χ3n) is 15.7. The smallest absolute Gasteiger partial charge is 0.387 e. The summed E-state index contributed by atoms with van der Waals surface area (Å²) in [6.07, 6.45) is 76.1. The van der Waals surface area contributed by atoms with Crippen LogP contribution in [0.3, 0.4) is 0 Å². The predicted octanol–water partition coefficient (Wildman–Crippen LogP) is 21.1. The van der Waals surface area contributed by atoms with E-state index in [1.165, 1.54) is 289 Å². The quantitative estimate of drug-likeness (QED) is 0.0243. The number of carbonyl (C=O) groups is 1. The van der Waals surface area contributed by atoms with Gasteiger partial charge in [-0.1, -0.05) is 334 Å². The first kappa shape index (κ1) is 75.0. The molecule has 0 radical (unpaired) electrons. The second-order valence-electron chi connectivity index (χ2n) is 24.6. The van der Waals surface area contributed by atoms with E-state index in [4.69, 9.17) is 9.05 Å². The van der Waals surface area contributed by atoms with E-state index in [2.05, 4.69) is 31.3 Å². The lowest BCUT2D eigenvalue weighted by atomic mass is 10.0. The first-order valence-electron chi connectivity index (χ1n) is 33.7. The molecule has 0 saturated heterocycles. The summed E-state index contributed by atoms with van der Waals surface area (Å²) in [6, 6.07) is -0.861. The van der Waals surface area contributed by atoms with Crippen LogP contribution in [0.2, 0.25) is 0 Å². The number of likely N-dealkylation sites (N-methyl/N-ethyl adjacent to an activating group) is 1. The standard InChI is InChI=1S/C67H133N2O6P/c1-6-8-10-12-14-16-18-20-22-24-26-28-30-32-33-34-35-37-38-40-42-44-46-48-50-52-54-56-58-60-66(70)65(64-75-76(72,73)74-63-62-69(3,4)5)68-67(71)61-59-57-55-53-51-49-47-45-43-41-39-36-31-29-27-25-23-21-19-17-15-13-11-9-7-2/h50,52,58,60,65-66,70H,6-49,51,53-57,59,61-64H2,1-5H3,(H-,68,71,72,73)/p+1/b52-50+,60-58+. The van der Waals surface area contributed by atoms with Crippen molar-refractivity contribution in [3.05, 3.63) is 24.3 Å². The van der Waals surface area contributed by atoms with Gasteiger partial charge in [-0.3, -0.25) is 13.8 Å². The summed E-state index contributed by atoms with van der Waals surface area (Å²) in [5.41, 5.74) is 0. The molecule has 3 unspecified atom stereocenters. The highest BCUT2D eigenvalue weighted by Crippen LogP contribution is 2.43. The molecule has 76 heavy (non-hydrogen) atoms. The maximum Gasteiger partial charge on any atom is 0.472 e. The minimum absolute atomic E-state index is 0.0590. The summed E-state index contributed by atoms with van der Waals surface area (Å²) < 4.78 is 23.8. The highest BCUT2D eigenvalue weighted by Gasteiger charge is 2.28. The van der Waals surface area contributed by atoms with Gasteiger partial charge in [0.2, 0.25) is 5.91 Å². The number of aliphatic hydroxyl groups is 1. The van der Waals surface area contributed by atoms with Crippen molar-refractivity contribution in [1.82, 2.24) is 5.32 Å². The van der Waals surface area contributed by atoms with Crippen LogP contribution in [0.1, 0.15) is 348 Å². The Balaban J connectivity index is 4.11. The van der Waals surface area contributed by atoms with Gasteiger partial charge in [-0.15, -0.1) is 0 Å². The number of hydrogen-bond donors (Lipinski definition) is 3. The van der Waals surface area contributed by atoms with Crippen molar-refractivity contribution in [2.75, 3.05) is 40.9 Å². The molecule has 0 bridgehead atoms. The molecule has 452 valence electrons. The number of aliphatic hydroxyl groups excluding tert-OH is 1. The Morgan fingerprint density at radius 1 is 0.434 bits per heavy atom. The first-order chi connectivity index (χ1) is 37.0.